The minimum Gasteiger partial charge on any atom is -0.495 e. The molecule has 140 valence electrons. The van der Waals surface area contributed by atoms with E-state index in [0.717, 1.165) is 16.4 Å². The highest BCUT2D eigenvalue weighted by Gasteiger charge is 2.23. The van der Waals surface area contributed by atoms with Gasteiger partial charge in [0, 0.05) is 20.5 Å². The van der Waals surface area contributed by atoms with E-state index in [1.807, 2.05) is 0 Å². The highest BCUT2D eigenvalue weighted by Crippen LogP contribution is 2.29. The molecular weight excluding hydrogens is 366 g/mol. The summed E-state index contributed by atoms with van der Waals surface area (Å²) in [5.41, 5.74) is 0.507. The molecule has 0 aliphatic heterocycles. The van der Waals surface area contributed by atoms with Crippen molar-refractivity contribution in [1.82, 2.24) is 4.31 Å². The number of rotatable bonds is 6. The third-order valence-electron chi connectivity index (χ3n) is 3.58. The van der Waals surface area contributed by atoms with Gasteiger partial charge < -0.3 is 10.1 Å². The Morgan fingerprint density at radius 3 is 2.42 bits per heavy atom. The minimum atomic E-state index is -3.93. The van der Waals surface area contributed by atoms with Gasteiger partial charge in [0.2, 0.25) is 15.9 Å². The summed E-state index contributed by atoms with van der Waals surface area (Å²) in [7, 11) is -1.22. The van der Waals surface area contributed by atoms with Crippen molar-refractivity contribution >= 4 is 21.6 Å². The van der Waals surface area contributed by atoms with Crippen molar-refractivity contribution in [3.05, 3.63) is 53.6 Å². The summed E-state index contributed by atoms with van der Waals surface area (Å²) in [6, 6.07) is 7.22. The van der Waals surface area contributed by atoms with Crippen molar-refractivity contribution in [3.63, 3.8) is 0 Å². The number of benzene rings is 2. The summed E-state index contributed by atoms with van der Waals surface area (Å²) < 4.78 is 57.9. The molecule has 0 spiro atoms. The van der Waals surface area contributed by atoms with Gasteiger partial charge in [-0.15, -0.1) is 0 Å². The van der Waals surface area contributed by atoms with E-state index < -0.39 is 21.7 Å². The molecule has 9 heteroatoms. The quantitative estimate of drug-likeness (QED) is 0.831. The lowest BCUT2D eigenvalue weighted by molar-refractivity contribution is -0.114. The van der Waals surface area contributed by atoms with E-state index >= 15 is 0 Å². The van der Waals surface area contributed by atoms with Gasteiger partial charge in [0.1, 0.15) is 5.75 Å². The van der Waals surface area contributed by atoms with Gasteiger partial charge in [-0.2, -0.15) is 4.31 Å². The Kier molecular flexibility index (Phi) is 5.94. The average Bonchev–Trinajstić information content (AvgIpc) is 2.57. The zero-order valence-corrected chi connectivity index (χ0v) is 15.2. The summed E-state index contributed by atoms with van der Waals surface area (Å²) in [5, 5.41) is 2.50. The van der Waals surface area contributed by atoms with Gasteiger partial charge in [-0.25, -0.2) is 17.2 Å². The van der Waals surface area contributed by atoms with Crippen LogP contribution in [0.5, 0.6) is 5.75 Å². The van der Waals surface area contributed by atoms with Gasteiger partial charge in [-0.3, -0.25) is 4.79 Å². The van der Waals surface area contributed by atoms with E-state index in [4.69, 9.17) is 4.74 Å². The first-order valence-corrected chi connectivity index (χ1v) is 8.95. The van der Waals surface area contributed by atoms with Crippen LogP contribution in [0.2, 0.25) is 0 Å². The van der Waals surface area contributed by atoms with E-state index in [1.54, 1.807) is 0 Å². The fraction of sp³-hybridized carbons (Fsp3) is 0.235. The van der Waals surface area contributed by atoms with Crippen LogP contribution in [0.25, 0.3) is 0 Å². The van der Waals surface area contributed by atoms with Crippen LogP contribution in [0.15, 0.2) is 41.3 Å². The van der Waals surface area contributed by atoms with E-state index in [-0.39, 0.29) is 23.0 Å². The van der Waals surface area contributed by atoms with Gasteiger partial charge in [0.15, 0.2) is 11.6 Å². The number of nitrogens with zero attached hydrogens (tertiary/aromatic N) is 1. The van der Waals surface area contributed by atoms with Crippen LogP contribution in [0.1, 0.15) is 12.5 Å². The molecule has 1 amide bonds. The average molecular weight is 384 g/mol. The number of methoxy groups -OCH3 is 1. The molecule has 0 bridgehead atoms. The van der Waals surface area contributed by atoms with Crippen molar-refractivity contribution in [3.8, 4) is 5.75 Å². The number of carbonyl (C=O) groups excluding carboxylic acids is 1. The Morgan fingerprint density at radius 1 is 1.15 bits per heavy atom. The Labute approximate surface area is 150 Å². The van der Waals surface area contributed by atoms with Gasteiger partial charge >= 0.3 is 0 Å². The first-order chi connectivity index (χ1) is 12.1. The SMILES string of the molecule is COc1ccc(S(=O)(=O)N(C)Cc2ccc(F)c(F)c2)cc1NC(C)=O. The van der Waals surface area contributed by atoms with E-state index in [2.05, 4.69) is 5.32 Å². The Bertz CT molecular complexity index is 932. The van der Waals surface area contributed by atoms with Gasteiger partial charge in [-0.05, 0) is 35.9 Å². The molecule has 0 saturated heterocycles. The summed E-state index contributed by atoms with van der Waals surface area (Å²) in [6.45, 7) is 1.14. The summed E-state index contributed by atoms with van der Waals surface area (Å²) in [4.78, 5) is 11.2. The number of hydrogen-bond donors (Lipinski definition) is 1. The van der Waals surface area contributed by atoms with Crippen molar-refractivity contribution in [2.45, 2.75) is 18.4 Å². The molecule has 26 heavy (non-hydrogen) atoms. The molecule has 0 fully saturated rings. The number of anilines is 1. The molecule has 0 radical (unpaired) electrons. The van der Waals surface area contributed by atoms with Crippen LogP contribution in [-0.2, 0) is 21.4 Å². The molecule has 0 atom stereocenters. The predicted molar refractivity (Wildman–Crippen MR) is 92.3 cm³/mol. The molecule has 0 saturated carbocycles. The number of nitrogens with one attached hydrogen (secondary N) is 1. The Morgan fingerprint density at radius 2 is 1.85 bits per heavy atom. The maximum atomic E-state index is 13.3. The normalized spacial score (nSPS) is 11.5. The fourth-order valence-electron chi connectivity index (χ4n) is 2.29. The molecule has 0 aliphatic carbocycles. The summed E-state index contributed by atoms with van der Waals surface area (Å²) in [6.07, 6.45) is 0. The minimum absolute atomic E-state index is 0.0767. The maximum Gasteiger partial charge on any atom is 0.243 e. The highest BCUT2D eigenvalue weighted by atomic mass is 32.2. The van der Waals surface area contributed by atoms with Gasteiger partial charge in [0.25, 0.3) is 0 Å². The molecule has 0 unspecified atom stereocenters. The first kappa shape index (κ1) is 19.8. The topological polar surface area (TPSA) is 75.7 Å². The molecule has 0 aromatic heterocycles. The van der Waals surface area contributed by atoms with Gasteiger partial charge in [0.05, 0.1) is 17.7 Å². The van der Waals surface area contributed by atoms with Gasteiger partial charge in [-0.1, -0.05) is 6.07 Å². The number of hydrogen-bond acceptors (Lipinski definition) is 4. The monoisotopic (exact) mass is 384 g/mol. The molecule has 2 aromatic rings. The lowest BCUT2D eigenvalue weighted by Gasteiger charge is -2.19. The zero-order valence-electron chi connectivity index (χ0n) is 14.4. The highest BCUT2D eigenvalue weighted by molar-refractivity contribution is 7.89. The molecule has 6 nitrogen and oxygen atoms in total. The molecule has 2 aromatic carbocycles. The lowest BCUT2D eigenvalue weighted by Crippen LogP contribution is -2.26. The number of carbonyl (C=O) groups is 1. The standard InChI is InChI=1S/C17H18F2N2O4S/c1-11(22)20-16-9-13(5-7-17(16)25-3)26(23,24)21(2)10-12-4-6-14(18)15(19)8-12/h4-9H,10H2,1-3H3,(H,20,22). The predicted octanol–water partition coefficient (Wildman–Crippen LogP) is 2.75. The van der Waals surface area contributed by atoms with E-state index in [9.17, 15) is 22.0 Å². The lowest BCUT2D eigenvalue weighted by atomic mass is 10.2. The van der Waals surface area contributed by atoms with Crippen LogP contribution in [0.4, 0.5) is 14.5 Å². The molecule has 0 aliphatic rings. The summed E-state index contributed by atoms with van der Waals surface area (Å²) >= 11 is 0. The van der Waals surface area contributed by atoms with Crippen LogP contribution < -0.4 is 10.1 Å². The van der Waals surface area contributed by atoms with Crippen LogP contribution in [-0.4, -0.2) is 32.8 Å². The second-order valence-corrected chi connectivity index (χ2v) is 7.60. The van der Waals surface area contributed by atoms with E-state index in [1.165, 1.54) is 45.3 Å². The number of ether oxygens (including phenoxy) is 1. The fourth-order valence-corrected chi connectivity index (χ4v) is 3.48. The van der Waals surface area contributed by atoms with Crippen molar-refractivity contribution in [1.29, 1.82) is 0 Å². The number of amides is 1. The van der Waals surface area contributed by atoms with Crippen LogP contribution in [0, 0.1) is 11.6 Å². The Balaban J connectivity index is 2.33. The first-order valence-electron chi connectivity index (χ1n) is 7.51. The third-order valence-corrected chi connectivity index (χ3v) is 5.38. The number of sulfonamides is 1. The third kappa shape index (κ3) is 4.36. The van der Waals surface area contributed by atoms with E-state index in [0.29, 0.717) is 11.3 Å². The van der Waals surface area contributed by atoms with Crippen molar-refractivity contribution in [2.24, 2.45) is 0 Å². The molecule has 1 N–H and O–H groups in total. The van der Waals surface area contributed by atoms with Crippen LogP contribution in [0.3, 0.4) is 0 Å². The molecule has 2 rings (SSSR count). The van der Waals surface area contributed by atoms with Crippen molar-refractivity contribution < 1.29 is 26.7 Å². The zero-order chi connectivity index (χ0) is 19.5. The van der Waals surface area contributed by atoms with Crippen molar-refractivity contribution in [2.75, 3.05) is 19.5 Å². The molecular formula is C17H18F2N2O4S. The Hall–Kier alpha value is -2.52. The maximum absolute atomic E-state index is 13.3. The van der Waals surface area contributed by atoms with Crippen LogP contribution >= 0.6 is 0 Å². The largest absolute Gasteiger partial charge is 0.495 e. The second-order valence-electron chi connectivity index (χ2n) is 5.55. The summed E-state index contributed by atoms with van der Waals surface area (Å²) in [5.74, 6) is -2.13. The smallest absolute Gasteiger partial charge is 0.243 e. The number of halogens is 2. The molecule has 0 heterocycles. The second kappa shape index (κ2) is 7.79.